The van der Waals surface area contributed by atoms with Gasteiger partial charge in [-0.2, -0.15) is 0 Å². The average Bonchev–Trinajstić information content (AvgIpc) is 2.70. The van der Waals surface area contributed by atoms with E-state index in [9.17, 15) is 0 Å². The van der Waals surface area contributed by atoms with Gasteiger partial charge < -0.3 is 14.0 Å². The second-order valence-electron chi connectivity index (χ2n) is 3.63. The summed E-state index contributed by atoms with van der Waals surface area (Å²) in [5.74, 6) is 1.46. The van der Waals surface area contributed by atoms with Gasteiger partial charge >= 0.3 is 0 Å². The van der Waals surface area contributed by atoms with E-state index in [2.05, 4.69) is 16.5 Å². The lowest BCUT2D eigenvalue weighted by atomic mass is 10.2. The standard InChI is InChI=1S/C12H16N2O2/c1-4-5-14-8-13-9-6-11(15-2)12(16-3)7-10(9)14/h6-8H,4-5H2,1-3H3. The Morgan fingerprint density at radius 1 is 1.19 bits per heavy atom. The van der Waals surface area contributed by atoms with Crippen LogP contribution in [0.3, 0.4) is 0 Å². The first-order valence-corrected chi connectivity index (χ1v) is 5.37. The Labute approximate surface area is 94.8 Å². The summed E-state index contributed by atoms with van der Waals surface area (Å²) < 4.78 is 12.6. The molecule has 0 radical (unpaired) electrons. The number of hydrogen-bond acceptors (Lipinski definition) is 3. The highest BCUT2D eigenvalue weighted by Gasteiger charge is 2.09. The highest BCUT2D eigenvalue weighted by Crippen LogP contribution is 2.31. The van der Waals surface area contributed by atoms with Crippen LogP contribution >= 0.6 is 0 Å². The molecular formula is C12H16N2O2. The van der Waals surface area contributed by atoms with E-state index < -0.39 is 0 Å². The molecule has 0 saturated heterocycles. The van der Waals surface area contributed by atoms with Crippen molar-refractivity contribution in [3.63, 3.8) is 0 Å². The molecule has 1 aromatic carbocycles. The molecule has 1 heterocycles. The molecule has 0 aliphatic rings. The number of aryl methyl sites for hydroxylation is 1. The molecule has 0 aliphatic carbocycles. The van der Waals surface area contributed by atoms with Crippen LogP contribution in [-0.2, 0) is 6.54 Å². The number of benzene rings is 1. The van der Waals surface area contributed by atoms with E-state index in [1.54, 1.807) is 14.2 Å². The quantitative estimate of drug-likeness (QED) is 0.794. The average molecular weight is 220 g/mol. The van der Waals surface area contributed by atoms with E-state index in [0.29, 0.717) is 0 Å². The summed E-state index contributed by atoms with van der Waals surface area (Å²) >= 11 is 0. The van der Waals surface area contributed by atoms with Gasteiger partial charge in [-0.1, -0.05) is 6.92 Å². The van der Waals surface area contributed by atoms with Crippen molar-refractivity contribution in [1.82, 2.24) is 9.55 Å². The molecule has 2 aromatic rings. The Kier molecular flexibility index (Phi) is 2.99. The minimum absolute atomic E-state index is 0.719. The lowest BCUT2D eigenvalue weighted by Gasteiger charge is -2.08. The second kappa shape index (κ2) is 4.43. The monoisotopic (exact) mass is 220 g/mol. The minimum Gasteiger partial charge on any atom is -0.493 e. The second-order valence-corrected chi connectivity index (χ2v) is 3.63. The maximum absolute atomic E-state index is 5.28. The summed E-state index contributed by atoms with van der Waals surface area (Å²) in [5.41, 5.74) is 2.02. The van der Waals surface area contributed by atoms with E-state index in [0.717, 1.165) is 35.5 Å². The normalized spacial score (nSPS) is 10.7. The fourth-order valence-corrected chi connectivity index (χ4v) is 1.80. The largest absolute Gasteiger partial charge is 0.493 e. The molecular weight excluding hydrogens is 204 g/mol. The fourth-order valence-electron chi connectivity index (χ4n) is 1.80. The summed E-state index contributed by atoms with van der Waals surface area (Å²) in [4.78, 5) is 4.35. The van der Waals surface area contributed by atoms with Gasteiger partial charge in [0.05, 0.1) is 31.6 Å². The van der Waals surface area contributed by atoms with Crippen LogP contribution in [0.5, 0.6) is 11.5 Å². The summed E-state index contributed by atoms with van der Waals surface area (Å²) in [6, 6.07) is 3.87. The summed E-state index contributed by atoms with van der Waals surface area (Å²) in [6.45, 7) is 3.11. The molecule has 4 nitrogen and oxygen atoms in total. The van der Waals surface area contributed by atoms with Gasteiger partial charge in [0.25, 0.3) is 0 Å². The molecule has 16 heavy (non-hydrogen) atoms. The van der Waals surface area contributed by atoms with Crippen LogP contribution in [-0.4, -0.2) is 23.8 Å². The Morgan fingerprint density at radius 2 is 1.88 bits per heavy atom. The van der Waals surface area contributed by atoms with Crippen molar-refractivity contribution in [1.29, 1.82) is 0 Å². The number of nitrogens with zero attached hydrogens (tertiary/aromatic N) is 2. The summed E-state index contributed by atoms with van der Waals surface area (Å²) in [6.07, 6.45) is 2.94. The lowest BCUT2D eigenvalue weighted by Crippen LogP contribution is -1.95. The van der Waals surface area contributed by atoms with Crippen LogP contribution in [0.25, 0.3) is 11.0 Å². The van der Waals surface area contributed by atoms with Crippen LogP contribution < -0.4 is 9.47 Å². The molecule has 4 heteroatoms. The zero-order valence-electron chi connectivity index (χ0n) is 9.86. The molecule has 0 bridgehead atoms. The summed E-state index contributed by atoms with van der Waals surface area (Å²) in [7, 11) is 3.27. The van der Waals surface area contributed by atoms with Crippen molar-refractivity contribution in [3.8, 4) is 11.5 Å². The minimum atomic E-state index is 0.719. The zero-order valence-corrected chi connectivity index (χ0v) is 9.86. The van der Waals surface area contributed by atoms with Crippen molar-refractivity contribution in [3.05, 3.63) is 18.5 Å². The third-order valence-electron chi connectivity index (χ3n) is 2.59. The maximum atomic E-state index is 5.28. The van der Waals surface area contributed by atoms with E-state index in [1.807, 2.05) is 18.5 Å². The summed E-state index contributed by atoms with van der Waals surface area (Å²) in [5, 5.41) is 0. The number of methoxy groups -OCH3 is 2. The lowest BCUT2D eigenvalue weighted by molar-refractivity contribution is 0.355. The Morgan fingerprint density at radius 3 is 2.50 bits per heavy atom. The highest BCUT2D eigenvalue weighted by molar-refractivity contribution is 5.80. The smallest absolute Gasteiger partial charge is 0.163 e. The first-order valence-electron chi connectivity index (χ1n) is 5.37. The number of rotatable bonds is 4. The van der Waals surface area contributed by atoms with Crippen LogP contribution in [0.4, 0.5) is 0 Å². The number of ether oxygens (including phenoxy) is 2. The number of imidazole rings is 1. The van der Waals surface area contributed by atoms with Crippen molar-refractivity contribution in [2.75, 3.05) is 14.2 Å². The van der Waals surface area contributed by atoms with E-state index in [4.69, 9.17) is 9.47 Å². The van der Waals surface area contributed by atoms with E-state index in [1.165, 1.54) is 0 Å². The maximum Gasteiger partial charge on any atom is 0.163 e. The van der Waals surface area contributed by atoms with E-state index >= 15 is 0 Å². The highest BCUT2D eigenvalue weighted by atomic mass is 16.5. The third kappa shape index (κ3) is 1.71. The van der Waals surface area contributed by atoms with Gasteiger partial charge in [0, 0.05) is 18.7 Å². The van der Waals surface area contributed by atoms with Crippen molar-refractivity contribution in [2.45, 2.75) is 19.9 Å². The van der Waals surface area contributed by atoms with Gasteiger partial charge in [-0.3, -0.25) is 0 Å². The molecule has 1 aromatic heterocycles. The number of hydrogen-bond donors (Lipinski definition) is 0. The third-order valence-corrected chi connectivity index (χ3v) is 2.59. The molecule has 0 aliphatic heterocycles. The van der Waals surface area contributed by atoms with Gasteiger partial charge in [0.1, 0.15) is 0 Å². The molecule has 0 spiro atoms. The van der Waals surface area contributed by atoms with Crippen molar-refractivity contribution >= 4 is 11.0 Å². The first-order chi connectivity index (χ1) is 7.80. The van der Waals surface area contributed by atoms with Gasteiger partial charge in [0.2, 0.25) is 0 Å². The zero-order chi connectivity index (χ0) is 11.5. The first kappa shape index (κ1) is 10.8. The molecule has 0 amide bonds. The van der Waals surface area contributed by atoms with Crippen LogP contribution in [0.2, 0.25) is 0 Å². The van der Waals surface area contributed by atoms with Crippen LogP contribution in [0, 0.1) is 0 Å². The van der Waals surface area contributed by atoms with Crippen molar-refractivity contribution < 1.29 is 9.47 Å². The van der Waals surface area contributed by atoms with Gasteiger partial charge in [0.15, 0.2) is 11.5 Å². The molecule has 0 unspecified atom stereocenters. The van der Waals surface area contributed by atoms with Gasteiger partial charge in [-0.05, 0) is 6.42 Å². The molecule has 2 rings (SSSR count). The number of aromatic nitrogens is 2. The SMILES string of the molecule is CCCn1cnc2cc(OC)c(OC)cc21. The fraction of sp³-hybridized carbons (Fsp3) is 0.417. The van der Waals surface area contributed by atoms with Crippen LogP contribution in [0.1, 0.15) is 13.3 Å². The Hall–Kier alpha value is -1.71. The molecule has 0 saturated carbocycles. The Bertz CT molecular complexity index is 491. The molecule has 0 N–H and O–H groups in total. The van der Waals surface area contributed by atoms with Crippen LogP contribution in [0.15, 0.2) is 18.5 Å². The van der Waals surface area contributed by atoms with Gasteiger partial charge in [-0.15, -0.1) is 0 Å². The number of fused-ring (bicyclic) bond motifs is 1. The Balaban J connectivity index is 2.57. The topological polar surface area (TPSA) is 36.3 Å². The molecule has 0 fully saturated rings. The molecule has 0 atom stereocenters. The van der Waals surface area contributed by atoms with E-state index in [-0.39, 0.29) is 0 Å². The van der Waals surface area contributed by atoms with Crippen molar-refractivity contribution in [2.24, 2.45) is 0 Å². The predicted molar refractivity (Wildman–Crippen MR) is 63.1 cm³/mol. The van der Waals surface area contributed by atoms with Gasteiger partial charge in [-0.25, -0.2) is 4.98 Å². The predicted octanol–water partition coefficient (Wildman–Crippen LogP) is 2.46. The molecule has 86 valence electrons.